The van der Waals surface area contributed by atoms with E-state index in [2.05, 4.69) is 55.8 Å². The average Bonchev–Trinajstić information content (AvgIpc) is 3.75. The van der Waals surface area contributed by atoms with Crippen molar-refractivity contribution in [1.29, 1.82) is 0 Å². The number of aromatic amines is 1. The number of allylic oxidation sites excluding steroid dienone is 1. The third kappa shape index (κ3) is 11.6. The Kier molecular flexibility index (Phi) is 15.6. The number of carbonyl (C=O) groups is 5. The summed E-state index contributed by atoms with van der Waals surface area (Å²) in [5.74, 6) is 0.280. The summed E-state index contributed by atoms with van der Waals surface area (Å²) in [6, 6.07) is 14.0. The van der Waals surface area contributed by atoms with Crippen LogP contribution in [-0.4, -0.2) is 106 Å². The molecule has 13 heteroatoms. The molecule has 0 spiro atoms. The van der Waals surface area contributed by atoms with E-state index in [-0.39, 0.29) is 41.9 Å². The summed E-state index contributed by atoms with van der Waals surface area (Å²) < 4.78 is 0. The Labute approximate surface area is 389 Å². The number of aromatic nitrogens is 3. The number of pyridine rings is 1. The number of hydrogen-bond acceptors (Lipinski definition) is 8. The maximum Gasteiger partial charge on any atom is 0.318 e. The average molecular weight is 897 g/mol. The van der Waals surface area contributed by atoms with Crippen LogP contribution in [0, 0.1) is 24.7 Å². The van der Waals surface area contributed by atoms with Crippen molar-refractivity contribution in [2.45, 2.75) is 122 Å². The first-order valence-electron chi connectivity index (χ1n) is 24.7. The maximum atomic E-state index is 14.9. The monoisotopic (exact) mass is 897 g/mol. The second-order valence-corrected chi connectivity index (χ2v) is 19.2. The zero-order chi connectivity index (χ0) is 46.0. The minimum absolute atomic E-state index is 0.0473. The predicted molar refractivity (Wildman–Crippen MR) is 258 cm³/mol. The van der Waals surface area contributed by atoms with E-state index in [4.69, 9.17) is 0 Å². The summed E-state index contributed by atoms with van der Waals surface area (Å²) in [5, 5.41) is 14.6. The Bertz CT molecular complexity index is 2360. The lowest BCUT2D eigenvalue weighted by atomic mass is 9.80. The minimum Gasteiger partial charge on any atom is -0.368 e. The van der Waals surface area contributed by atoms with Crippen LogP contribution in [0.2, 0.25) is 0 Å². The number of ketones is 2. The molecule has 2 saturated heterocycles. The van der Waals surface area contributed by atoms with Gasteiger partial charge in [-0.2, -0.15) is 5.10 Å². The van der Waals surface area contributed by atoms with Crippen LogP contribution in [0.5, 0.6) is 0 Å². The first kappa shape index (κ1) is 46.7. The topological polar surface area (TPSA) is 161 Å². The molecule has 2 aliphatic heterocycles. The van der Waals surface area contributed by atoms with Gasteiger partial charge in [0.05, 0.1) is 11.7 Å². The Morgan fingerprint density at radius 3 is 2.39 bits per heavy atom. The molecule has 4 aromatic rings. The molecule has 0 radical (unpaired) electrons. The number of urea groups is 1. The number of aryl methyl sites for hydroxylation is 2. The number of hydrogen-bond donors (Lipinski definition) is 3. The first-order valence-corrected chi connectivity index (χ1v) is 24.7. The van der Waals surface area contributed by atoms with E-state index in [0.717, 1.165) is 96.6 Å². The number of rotatable bonds is 14. The fourth-order valence-corrected chi connectivity index (χ4v) is 10.8. The molecule has 3 N–H and O–H groups in total. The number of amides is 4. The summed E-state index contributed by atoms with van der Waals surface area (Å²) in [7, 11) is 0. The molecule has 4 aliphatic rings. The van der Waals surface area contributed by atoms with Crippen LogP contribution in [0.4, 0.5) is 10.5 Å². The number of nitrogens with zero attached hydrogens (tertiary/aromatic N) is 5. The Morgan fingerprint density at radius 2 is 1.61 bits per heavy atom. The highest BCUT2D eigenvalue weighted by Gasteiger charge is 2.36. The lowest BCUT2D eigenvalue weighted by molar-refractivity contribution is -0.137. The second kappa shape index (κ2) is 22.1. The smallest absolute Gasteiger partial charge is 0.318 e. The van der Waals surface area contributed by atoms with Crippen LogP contribution >= 0.6 is 0 Å². The molecule has 13 nitrogen and oxygen atoms in total. The molecule has 4 atom stereocenters. The van der Waals surface area contributed by atoms with E-state index in [1.54, 1.807) is 23.5 Å². The molecule has 0 bridgehead atoms. The molecule has 2 aromatic carbocycles. The molecule has 4 amide bonds. The molecule has 4 heterocycles. The van der Waals surface area contributed by atoms with E-state index in [1.165, 1.54) is 5.56 Å². The summed E-state index contributed by atoms with van der Waals surface area (Å²) in [5.41, 5.74) is 6.95. The third-order valence-corrected chi connectivity index (χ3v) is 14.8. The van der Waals surface area contributed by atoms with Crippen molar-refractivity contribution in [2.24, 2.45) is 17.8 Å². The normalized spacial score (nSPS) is 20.6. The largest absolute Gasteiger partial charge is 0.368 e. The SMILES string of the molecule is CCCCC(=O)C1CCCCC(C[C@H](NC(=O)[C@@H](Cc2cc(C)c3[nH]ncc3c2)NC(=O)N2CCC(C3=Cc4ccccc4CCC3=O)CC2)C(=O)N2CCN(c3ccncc3)CC2)CC1. The van der Waals surface area contributed by atoms with Gasteiger partial charge >= 0.3 is 6.03 Å². The number of unbranched alkanes of at least 4 members (excludes halogenated alkanes) is 1. The van der Waals surface area contributed by atoms with Gasteiger partial charge in [-0.05, 0) is 122 Å². The number of Topliss-reactive ketones (excluding diaryl/α,β-unsaturated/α-hetero) is 2. The first-order chi connectivity index (χ1) is 32.1. The lowest BCUT2D eigenvalue weighted by Gasteiger charge is -2.38. The zero-order valence-corrected chi connectivity index (χ0v) is 38.9. The lowest BCUT2D eigenvalue weighted by Crippen LogP contribution is -2.59. The molecule has 2 aliphatic carbocycles. The van der Waals surface area contributed by atoms with Gasteiger partial charge < -0.3 is 25.3 Å². The number of piperazine rings is 1. The number of H-pyrrole nitrogens is 1. The van der Waals surface area contributed by atoms with Gasteiger partial charge in [0.1, 0.15) is 17.9 Å². The van der Waals surface area contributed by atoms with Gasteiger partial charge in [-0.15, -0.1) is 0 Å². The van der Waals surface area contributed by atoms with Crippen molar-refractivity contribution in [3.8, 4) is 0 Å². The number of nitrogens with one attached hydrogen (secondary N) is 3. The van der Waals surface area contributed by atoms with E-state index in [0.29, 0.717) is 77.2 Å². The number of carbonyl (C=O) groups excluding carboxylic acids is 5. The fraction of sp³-hybridized carbons (Fsp3) is 0.528. The highest BCUT2D eigenvalue weighted by molar-refractivity contribution is 6.01. The fourth-order valence-electron chi connectivity index (χ4n) is 10.8. The molecular formula is C53H68N8O5. The number of piperidine rings is 1. The molecule has 1 saturated carbocycles. The van der Waals surface area contributed by atoms with E-state index in [9.17, 15) is 24.0 Å². The molecular weight excluding hydrogens is 829 g/mol. The van der Waals surface area contributed by atoms with Crippen molar-refractivity contribution < 1.29 is 24.0 Å². The molecule has 2 unspecified atom stereocenters. The van der Waals surface area contributed by atoms with Gasteiger partial charge in [0.2, 0.25) is 11.8 Å². The molecule has 8 rings (SSSR count). The second-order valence-electron chi connectivity index (χ2n) is 19.2. The standard InChI is InChI=1S/C53H68N8O5/c1-3-4-13-48(62)41-11-6-5-9-37(14-15-41)32-47(52(65)60-28-26-59(27-29-60)44-18-22-54-23-19-44)56-51(64)46(33-38-30-36(2)50-43(31-38)35-55-58-50)57-53(66)61-24-20-40(21-25-61)45-34-42-12-8-7-10-39(42)16-17-49(45)63/h7-8,10,12,18-19,22-23,30-31,34-35,37,40-41,46-47H,3-6,9,11,13-17,20-21,24-29,32-33H2,1-2H3,(H,55,58)(H,56,64)(H,57,66)/t37?,41?,46-,47+/m1/s1. The van der Waals surface area contributed by atoms with E-state index < -0.39 is 18.0 Å². The molecule has 2 aromatic heterocycles. The minimum atomic E-state index is -0.974. The molecule has 350 valence electrons. The van der Waals surface area contributed by atoms with E-state index >= 15 is 0 Å². The van der Waals surface area contributed by atoms with Crippen molar-refractivity contribution in [3.05, 3.63) is 94.9 Å². The Hall–Kier alpha value is -5.85. The van der Waals surface area contributed by atoms with Crippen molar-refractivity contribution in [3.63, 3.8) is 0 Å². The zero-order valence-electron chi connectivity index (χ0n) is 38.9. The summed E-state index contributed by atoms with van der Waals surface area (Å²) in [6.45, 7) is 7.36. The Balaban J connectivity index is 1.000. The Morgan fingerprint density at radius 1 is 0.833 bits per heavy atom. The van der Waals surface area contributed by atoms with Crippen molar-refractivity contribution in [1.82, 2.24) is 35.6 Å². The third-order valence-electron chi connectivity index (χ3n) is 14.8. The number of fused-ring (bicyclic) bond motifs is 2. The van der Waals surface area contributed by atoms with Crippen molar-refractivity contribution in [2.75, 3.05) is 44.2 Å². The number of anilines is 1. The van der Waals surface area contributed by atoms with Gasteiger partial charge in [0.15, 0.2) is 5.78 Å². The van der Waals surface area contributed by atoms with Crippen LogP contribution in [0.25, 0.3) is 17.0 Å². The maximum absolute atomic E-state index is 14.9. The van der Waals surface area contributed by atoms with Crippen molar-refractivity contribution >= 4 is 52.1 Å². The van der Waals surface area contributed by atoms with Crippen LogP contribution in [0.3, 0.4) is 0 Å². The van der Waals surface area contributed by atoms with Gasteiger partial charge in [-0.1, -0.05) is 62.9 Å². The summed E-state index contributed by atoms with van der Waals surface area (Å²) >= 11 is 0. The van der Waals surface area contributed by atoms with Gasteiger partial charge in [-0.3, -0.25) is 29.3 Å². The van der Waals surface area contributed by atoms with E-state index in [1.807, 2.05) is 48.2 Å². The predicted octanol–water partition coefficient (Wildman–Crippen LogP) is 7.77. The highest BCUT2D eigenvalue weighted by atomic mass is 16.2. The van der Waals surface area contributed by atoms with Crippen LogP contribution < -0.4 is 15.5 Å². The van der Waals surface area contributed by atoms with Gasteiger partial charge in [-0.25, -0.2) is 4.79 Å². The highest BCUT2D eigenvalue weighted by Crippen LogP contribution is 2.33. The number of likely N-dealkylation sites (tertiary alicyclic amines) is 1. The van der Waals surface area contributed by atoms with Crippen LogP contribution in [-0.2, 0) is 32.0 Å². The van der Waals surface area contributed by atoms with Crippen LogP contribution in [0.15, 0.2) is 72.7 Å². The van der Waals surface area contributed by atoms with Gasteiger partial charge in [0.25, 0.3) is 0 Å². The van der Waals surface area contributed by atoms with Gasteiger partial charge in [0, 0.05) is 87.9 Å². The number of benzene rings is 2. The van der Waals surface area contributed by atoms with Crippen LogP contribution in [0.1, 0.15) is 113 Å². The molecule has 66 heavy (non-hydrogen) atoms. The molecule has 3 fully saturated rings. The summed E-state index contributed by atoms with van der Waals surface area (Å²) in [4.78, 5) is 80.6. The summed E-state index contributed by atoms with van der Waals surface area (Å²) in [6.07, 6.45) is 18.5. The quantitative estimate of drug-likeness (QED) is 0.116.